The number of rotatable bonds is 5. The van der Waals surface area contributed by atoms with Crippen molar-refractivity contribution in [3.8, 4) is 0 Å². The van der Waals surface area contributed by atoms with E-state index in [-0.39, 0.29) is 5.91 Å². The number of carbonyl (C=O) groups is 1. The zero-order valence-corrected chi connectivity index (χ0v) is 9.13. The summed E-state index contributed by atoms with van der Waals surface area (Å²) in [7, 11) is 1.73. The van der Waals surface area contributed by atoms with Crippen LogP contribution in [0.25, 0.3) is 0 Å². The van der Waals surface area contributed by atoms with Gasteiger partial charge in [0.2, 0.25) is 0 Å². The van der Waals surface area contributed by atoms with E-state index in [9.17, 15) is 9.90 Å². The lowest BCUT2D eigenvalue weighted by Gasteiger charge is -2.24. The van der Waals surface area contributed by atoms with Gasteiger partial charge in [0, 0.05) is 13.6 Å². The Morgan fingerprint density at radius 1 is 1.38 bits per heavy atom. The van der Waals surface area contributed by atoms with Crippen molar-refractivity contribution < 1.29 is 9.90 Å². The number of likely N-dealkylation sites (N-methyl/N-ethyl adjacent to an activating group) is 1. The highest BCUT2D eigenvalue weighted by Gasteiger charge is 2.26. The van der Waals surface area contributed by atoms with Gasteiger partial charge in [-0.1, -0.05) is 19.8 Å². The smallest absolute Gasteiger partial charge is 0.253 e. The van der Waals surface area contributed by atoms with Crippen LogP contribution in [-0.2, 0) is 4.79 Å². The minimum atomic E-state index is -1.24. The average Bonchev–Trinajstić information content (AvgIpc) is 2.01. The zero-order valence-electron chi connectivity index (χ0n) is 9.13. The van der Waals surface area contributed by atoms with E-state index in [1.54, 1.807) is 11.9 Å². The molecule has 0 aromatic rings. The largest absolute Gasteiger partial charge is 0.381 e. The molecule has 0 aromatic heterocycles. The maximum absolute atomic E-state index is 11.4. The van der Waals surface area contributed by atoms with Gasteiger partial charge in [-0.05, 0) is 20.3 Å². The summed E-state index contributed by atoms with van der Waals surface area (Å²) in [5, 5.41) is 9.42. The van der Waals surface area contributed by atoms with E-state index in [1.165, 1.54) is 13.8 Å². The summed E-state index contributed by atoms with van der Waals surface area (Å²) in [6.45, 7) is 5.89. The Kier molecular flexibility index (Phi) is 4.99. The highest BCUT2D eigenvalue weighted by molar-refractivity contribution is 5.83. The molecule has 0 aliphatic carbocycles. The molecule has 0 bridgehead atoms. The standard InChI is InChI=1S/C10H21NO2/c1-5-6-7-8-11(4)9(12)10(2,3)13/h13H,5-8H2,1-4H3. The highest BCUT2D eigenvalue weighted by Crippen LogP contribution is 2.06. The first-order valence-corrected chi connectivity index (χ1v) is 4.87. The van der Waals surface area contributed by atoms with E-state index in [1.807, 2.05) is 0 Å². The van der Waals surface area contributed by atoms with Gasteiger partial charge < -0.3 is 10.0 Å². The van der Waals surface area contributed by atoms with Crippen molar-refractivity contribution in [3.05, 3.63) is 0 Å². The molecule has 0 aromatic carbocycles. The summed E-state index contributed by atoms with van der Waals surface area (Å²) in [5.41, 5.74) is -1.24. The van der Waals surface area contributed by atoms with Crippen molar-refractivity contribution in [1.29, 1.82) is 0 Å². The second kappa shape index (κ2) is 5.22. The fourth-order valence-corrected chi connectivity index (χ4v) is 1.17. The molecule has 78 valence electrons. The first kappa shape index (κ1) is 12.4. The van der Waals surface area contributed by atoms with E-state index in [4.69, 9.17) is 0 Å². The molecule has 0 saturated carbocycles. The van der Waals surface area contributed by atoms with Gasteiger partial charge in [0.25, 0.3) is 5.91 Å². The van der Waals surface area contributed by atoms with E-state index in [0.717, 1.165) is 25.8 Å². The SMILES string of the molecule is CCCCCN(C)C(=O)C(C)(C)O. The molecule has 13 heavy (non-hydrogen) atoms. The van der Waals surface area contributed by atoms with E-state index < -0.39 is 5.60 Å². The summed E-state index contributed by atoms with van der Waals surface area (Å²) in [5.74, 6) is -0.205. The number of carbonyl (C=O) groups excluding carboxylic acids is 1. The molecule has 0 spiro atoms. The summed E-state index contributed by atoms with van der Waals surface area (Å²) in [6, 6.07) is 0. The van der Waals surface area contributed by atoms with Gasteiger partial charge in [-0.15, -0.1) is 0 Å². The first-order chi connectivity index (χ1) is 5.89. The summed E-state index contributed by atoms with van der Waals surface area (Å²) >= 11 is 0. The third-order valence-corrected chi connectivity index (χ3v) is 1.97. The molecule has 3 heteroatoms. The van der Waals surface area contributed by atoms with Crippen LogP contribution in [0.4, 0.5) is 0 Å². The van der Waals surface area contributed by atoms with Crippen molar-refractivity contribution in [2.45, 2.75) is 45.6 Å². The normalized spacial score (nSPS) is 11.5. The predicted octanol–water partition coefficient (Wildman–Crippen LogP) is 1.41. The van der Waals surface area contributed by atoms with Crippen molar-refractivity contribution in [2.24, 2.45) is 0 Å². The minimum absolute atomic E-state index is 0.205. The van der Waals surface area contributed by atoms with Crippen molar-refractivity contribution in [1.82, 2.24) is 4.90 Å². The van der Waals surface area contributed by atoms with Gasteiger partial charge in [-0.2, -0.15) is 0 Å². The molecule has 1 N–H and O–H groups in total. The number of amides is 1. The van der Waals surface area contributed by atoms with E-state index in [0.29, 0.717) is 0 Å². The summed E-state index contributed by atoms with van der Waals surface area (Å²) < 4.78 is 0. The average molecular weight is 187 g/mol. The molecule has 1 amide bonds. The molecular formula is C10H21NO2. The minimum Gasteiger partial charge on any atom is -0.381 e. The van der Waals surface area contributed by atoms with Crippen LogP contribution in [0.15, 0.2) is 0 Å². The van der Waals surface area contributed by atoms with Crippen LogP contribution >= 0.6 is 0 Å². The van der Waals surface area contributed by atoms with E-state index >= 15 is 0 Å². The third-order valence-electron chi connectivity index (χ3n) is 1.97. The van der Waals surface area contributed by atoms with Crippen LogP contribution in [0.5, 0.6) is 0 Å². The lowest BCUT2D eigenvalue weighted by atomic mass is 10.1. The van der Waals surface area contributed by atoms with Crippen LogP contribution in [0.2, 0.25) is 0 Å². The molecule has 0 aliphatic rings. The summed E-state index contributed by atoms with van der Waals surface area (Å²) in [6.07, 6.45) is 3.28. The van der Waals surface area contributed by atoms with Crippen LogP contribution < -0.4 is 0 Å². The van der Waals surface area contributed by atoms with Crippen LogP contribution in [0.1, 0.15) is 40.0 Å². The van der Waals surface area contributed by atoms with Gasteiger partial charge in [-0.3, -0.25) is 4.79 Å². The fraction of sp³-hybridized carbons (Fsp3) is 0.900. The zero-order chi connectivity index (χ0) is 10.5. The predicted molar refractivity (Wildman–Crippen MR) is 53.5 cm³/mol. The lowest BCUT2D eigenvalue weighted by Crippen LogP contribution is -2.43. The van der Waals surface area contributed by atoms with Gasteiger partial charge in [0.15, 0.2) is 0 Å². The van der Waals surface area contributed by atoms with Crippen molar-refractivity contribution in [2.75, 3.05) is 13.6 Å². The van der Waals surface area contributed by atoms with Crippen LogP contribution in [-0.4, -0.2) is 35.1 Å². The van der Waals surface area contributed by atoms with Gasteiger partial charge in [0.1, 0.15) is 5.60 Å². The lowest BCUT2D eigenvalue weighted by molar-refractivity contribution is -0.146. The van der Waals surface area contributed by atoms with Crippen molar-refractivity contribution in [3.63, 3.8) is 0 Å². The quantitative estimate of drug-likeness (QED) is 0.661. The number of nitrogens with zero attached hydrogens (tertiary/aromatic N) is 1. The number of aliphatic hydroxyl groups is 1. The maximum Gasteiger partial charge on any atom is 0.253 e. The second-order valence-corrected chi connectivity index (χ2v) is 3.99. The maximum atomic E-state index is 11.4. The molecule has 0 fully saturated rings. The Hall–Kier alpha value is -0.570. The topological polar surface area (TPSA) is 40.5 Å². The Morgan fingerprint density at radius 3 is 2.31 bits per heavy atom. The summed E-state index contributed by atoms with van der Waals surface area (Å²) in [4.78, 5) is 13.0. The number of unbranched alkanes of at least 4 members (excludes halogenated alkanes) is 2. The third kappa shape index (κ3) is 4.88. The Labute approximate surface area is 80.7 Å². The Balaban J connectivity index is 3.84. The molecule has 3 nitrogen and oxygen atoms in total. The molecule has 0 rings (SSSR count). The molecule has 0 saturated heterocycles. The van der Waals surface area contributed by atoms with Gasteiger partial charge >= 0.3 is 0 Å². The van der Waals surface area contributed by atoms with E-state index in [2.05, 4.69) is 6.92 Å². The molecule has 0 unspecified atom stereocenters. The fourth-order valence-electron chi connectivity index (χ4n) is 1.17. The Morgan fingerprint density at radius 2 is 1.92 bits per heavy atom. The first-order valence-electron chi connectivity index (χ1n) is 4.87. The molecular weight excluding hydrogens is 166 g/mol. The van der Waals surface area contributed by atoms with Gasteiger partial charge in [0.05, 0.1) is 0 Å². The number of hydrogen-bond donors (Lipinski definition) is 1. The number of hydrogen-bond acceptors (Lipinski definition) is 2. The van der Waals surface area contributed by atoms with Gasteiger partial charge in [-0.25, -0.2) is 0 Å². The monoisotopic (exact) mass is 187 g/mol. The molecule has 0 aliphatic heterocycles. The highest BCUT2D eigenvalue weighted by atomic mass is 16.3. The molecule has 0 atom stereocenters. The molecule has 0 radical (unpaired) electrons. The molecule has 0 heterocycles. The Bertz CT molecular complexity index is 161. The van der Waals surface area contributed by atoms with Crippen LogP contribution in [0.3, 0.4) is 0 Å². The second-order valence-electron chi connectivity index (χ2n) is 3.99. The van der Waals surface area contributed by atoms with Crippen molar-refractivity contribution >= 4 is 5.91 Å². The van der Waals surface area contributed by atoms with Crippen LogP contribution in [0, 0.1) is 0 Å².